The molecule has 50 valence electrons. The highest BCUT2D eigenvalue weighted by Crippen LogP contribution is 1.79. The maximum Gasteiger partial charge on any atom is 0.338 e. The zero-order valence-electron chi connectivity index (χ0n) is 5.59. The lowest BCUT2D eigenvalue weighted by Crippen LogP contribution is -2.06. The highest BCUT2D eigenvalue weighted by atomic mass is 16.2. The van der Waals surface area contributed by atoms with E-state index < -0.39 is 6.03 Å². The molecule has 0 aromatic carbocycles. The summed E-state index contributed by atoms with van der Waals surface area (Å²) in [6, 6.07) is -0.648. The Kier molecular flexibility index (Phi) is 3.35. The van der Waals surface area contributed by atoms with Crippen LogP contribution < -0.4 is 5.73 Å². The van der Waals surface area contributed by atoms with E-state index in [1.54, 1.807) is 19.1 Å². The summed E-state index contributed by atoms with van der Waals surface area (Å²) in [5, 5.41) is 0. The number of rotatable bonds is 1. The Bertz CT molecular complexity index is 158. The average Bonchev–Trinajstić information content (AvgIpc) is 1.63. The molecule has 0 saturated carbocycles. The second-order valence-electron chi connectivity index (χ2n) is 1.59. The van der Waals surface area contributed by atoms with Gasteiger partial charge in [0.2, 0.25) is 0 Å². The first kappa shape index (κ1) is 7.88. The molecule has 0 aliphatic rings. The smallest absolute Gasteiger partial charge is 0.338 e. The number of allylic oxidation sites excluding steroid dienone is 2. The van der Waals surface area contributed by atoms with E-state index in [0.717, 1.165) is 0 Å². The van der Waals surface area contributed by atoms with Gasteiger partial charge in [0.1, 0.15) is 0 Å². The number of carbonyl (C=O) groups is 1. The lowest BCUT2D eigenvalue weighted by Gasteiger charge is -1.84. The molecule has 0 atom stereocenters. The first-order valence-electron chi connectivity index (χ1n) is 2.64. The summed E-state index contributed by atoms with van der Waals surface area (Å²) < 4.78 is 0. The van der Waals surface area contributed by atoms with Crippen LogP contribution in [0.2, 0.25) is 0 Å². The monoisotopic (exact) mass is 126 g/mol. The van der Waals surface area contributed by atoms with Crippen molar-refractivity contribution in [3.05, 3.63) is 12.2 Å². The molecule has 0 bridgehead atoms. The molecule has 0 fully saturated rings. The highest BCUT2D eigenvalue weighted by Gasteiger charge is 1.85. The van der Waals surface area contributed by atoms with Crippen molar-refractivity contribution in [2.75, 3.05) is 0 Å². The Labute approximate surface area is 54.3 Å². The van der Waals surface area contributed by atoms with Gasteiger partial charge in [0.15, 0.2) is 0 Å². The van der Waals surface area contributed by atoms with E-state index >= 15 is 0 Å². The van der Waals surface area contributed by atoms with Crippen molar-refractivity contribution in [2.45, 2.75) is 13.8 Å². The summed E-state index contributed by atoms with van der Waals surface area (Å²) >= 11 is 0. The van der Waals surface area contributed by atoms with E-state index in [9.17, 15) is 4.79 Å². The number of nitrogens with two attached hydrogens (primary N) is 1. The van der Waals surface area contributed by atoms with Crippen molar-refractivity contribution < 1.29 is 4.79 Å². The summed E-state index contributed by atoms with van der Waals surface area (Å²) in [6.45, 7) is 3.56. The van der Waals surface area contributed by atoms with Crippen molar-refractivity contribution in [1.82, 2.24) is 0 Å². The number of hydrogen-bond donors (Lipinski definition) is 1. The second-order valence-corrected chi connectivity index (χ2v) is 1.59. The molecule has 0 aliphatic heterocycles. The van der Waals surface area contributed by atoms with Crippen LogP contribution in [0.3, 0.4) is 0 Å². The Morgan fingerprint density at radius 2 is 2.22 bits per heavy atom. The molecular weight excluding hydrogens is 116 g/mol. The van der Waals surface area contributed by atoms with Crippen LogP contribution in [0.4, 0.5) is 4.79 Å². The van der Waals surface area contributed by atoms with E-state index in [1.165, 1.54) is 0 Å². The van der Waals surface area contributed by atoms with Gasteiger partial charge in [0.25, 0.3) is 0 Å². The van der Waals surface area contributed by atoms with Gasteiger partial charge in [-0.2, -0.15) is 4.99 Å². The third-order valence-corrected chi connectivity index (χ3v) is 0.694. The minimum absolute atomic E-state index is 0.630. The first-order valence-corrected chi connectivity index (χ1v) is 2.64. The number of primary amides is 1. The number of nitrogens with zero attached hydrogens (tertiary/aromatic N) is 1. The number of amides is 2. The van der Waals surface area contributed by atoms with Crippen molar-refractivity contribution in [3.8, 4) is 0 Å². The fourth-order valence-electron chi connectivity index (χ4n) is 0.452. The molecule has 0 aromatic heterocycles. The Hall–Kier alpha value is -1.12. The highest BCUT2D eigenvalue weighted by molar-refractivity contribution is 5.99. The Morgan fingerprint density at radius 3 is 2.56 bits per heavy atom. The van der Waals surface area contributed by atoms with Crippen LogP contribution in [-0.2, 0) is 0 Å². The molecule has 0 heterocycles. The summed E-state index contributed by atoms with van der Waals surface area (Å²) in [7, 11) is 0. The number of aliphatic imine (C=N–C) groups is 1. The average molecular weight is 126 g/mol. The third-order valence-electron chi connectivity index (χ3n) is 0.694. The molecule has 0 unspecified atom stereocenters. The van der Waals surface area contributed by atoms with Gasteiger partial charge in [-0.15, -0.1) is 0 Å². The van der Waals surface area contributed by atoms with Gasteiger partial charge >= 0.3 is 6.03 Å². The minimum Gasteiger partial charge on any atom is -0.350 e. The van der Waals surface area contributed by atoms with Gasteiger partial charge < -0.3 is 5.73 Å². The van der Waals surface area contributed by atoms with Crippen molar-refractivity contribution >= 4 is 11.7 Å². The van der Waals surface area contributed by atoms with Crippen LogP contribution in [0.25, 0.3) is 0 Å². The van der Waals surface area contributed by atoms with Gasteiger partial charge in [-0.25, -0.2) is 4.79 Å². The minimum atomic E-state index is -0.648. The van der Waals surface area contributed by atoms with E-state index in [4.69, 9.17) is 5.73 Å². The molecule has 9 heavy (non-hydrogen) atoms. The lowest BCUT2D eigenvalue weighted by molar-refractivity contribution is 0.257. The predicted molar refractivity (Wildman–Crippen MR) is 37.5 cm³/mol. The van der Waals surface area contributed by atoms with Crippen molar-refractivity contribution in [1.29, 1.82) is 0 Å². The number of carbonyl (C=O) groups excluding carboxylic acids is 1. The van der Waals surface area contributed by atoms with Crippen LogP contribution in [0.1, 0.15) is 13.8 Å². The Morgan fingerprint density at radius 1 is 1.67 bits per heavy atom. The quantitative estimate of drug-likeness (QED) is 0.525. The van der Waals surface area contributed by atoms with Crippen LogP contribution in [-0.4, -0.2) is 11.7 Å². The molecule has 0 aromatic rings. The topological polar surface area (TPSA) is 55.4 Å². The number of hydrogen-bond acceptors (Lipinski definition) is 1. The molecule has 3 heteroatoms. The summed E-state index contributed by atoms with van der Waals surface area (Å²) in [4.78, 5) is 13.5. The SMILES string of the molecule is C/C=C\C(C)=NC(N)=O. The van der Waals surface area contributed by atoms with E-state index in [1.807, 2.05) is 6.92 Å². The third kappa shape index (κ3) is 4.74. The summed E-state index contributed by atoms with van der Waals surface area (Å²) in [6.07, 6.45) is 3.51. The fourth-order valence-corrected chi connectivity index (χ4v) is 0.452. The normalized spacial score (nSPS) is 12.4. The standard InChI is InChI=1S/C6H10N2O/c1-3-4-5(2)8-6(7)9/h3-4H,1-2H3,(H2,7,9)/b4-3-,8-5?. The number of urea groups is 1. The Balaban J connectivity index is 4.00. The van der Waals surface area contributed by atoms with Crippen LogP contribution in [0.15, 0.2) is 17.1 Å². The van der Waals surface area contributed by atoms with Gasteiger partial charge in [-0.05, 0) is 19.9 Å². The van der Waals surface area contributed by atoms with E-state index in [0.29, 0.717) is 5.71 Å². The molecular formula is C6H10N2O. The predicted octanol–water partition coefficient (Wildman–Crippen LogP) is 1.10. The molecule has 3 nitrogen and oxygen atoms in total. The molecule has 0 rings (SSSR count). The molecule has 0 saturated heterocycles. The second kappa shape index (κ2) is 3.83. The first-order chi connectivity index (χ1) is 4.16. The van der Waals surface area contributed by atoms with Crippen LogP contribution in [0.5, 0.6) is 0 Å². The zero-order chi connectivity index (χ0) is 7.28. The molecule has 0 radical (unpaired) electrons. The van der Waals surface area contributed by atoms with E-state index in [-0.39, 0.29) is 0 Å². The van der Waals surface area contributed by atoms with Gasteiger partial charge in [-0.1, -0.05) is 6.08 Å². The lowest BCUT2D eigenvalue weighted by atomic mass is 10.4. The van der Waals surface area contributed by atoms with Crippen molar-refractivity contribution in [2.24, 2.45) is 10.7 Å². The van der Waals surface area contributed by atoms with Gasteiger partial charge in [-0.3, -0.25) is 0 Å². The van der Waals surface area contributed by atoms with Crippen LogP contribution >= 0.6 is 0 Å². The molecule has 2 amide bonds. The fraction of sp³-hybridized carbons (Fsp3) is 0.333. The summed E-state index contributed by atoms with van der Waals surface area (Å²) in [5.41, 5.74) is 5.39. The zero-order valence-corrected chi connectivity index (χ0v) is 5.59. The van der Waals surface area contributed by atoms with Crippen molar-refractivity contribution in [3.63, 3.8) is 0 Å². The molecule has 0 spiro atoms. The van der Waals surface area contributed by atoms with Gasteiger partial charge in [0.05, 0.1) is 0 Å². The van der Waals surface area contributed by atoms with E-state index in [2.05, 4.69) is 4.99 Å². The van der Waals surface area contributed by atoms with Gasteiger partial charge in [0, 0.05) is 5.71 Å². The molecule has 0 aliphatic carbocycles. The maximum atomic E-state index is 10.1. The summed E-state index contributed by atoms with van der Waals surface area (Å²) in [5.74, 6) is 0. The molecule has 2 N–H and O–H groups in total. The van der Waals surface area contributed by atoms with Crippen LogP contribution in [0, 0.1) is 0 Å². The largest absolute Gasteiger partial charge is 0.350 e. The maximum absolute atomic E-state index is 10.1.